The number of anilines is 2. The first-order valence-electron chi connectivity index (χ1n) is 12.9. The molecular formula is C29H34N4O6S. The van der Waals surface area contributed by atoms with Gasteiger partial charge in [0, 0.05) is 24.1 Å². The zero-order valence-corrected chi connectivity index (χ0v) is 24.2. The van der Waals surface area contributed by atoms with E-state index in [-0.39, 0.29) is 28.8 Å². The van der Waals surface area contributed by atoms with E-state index >= 15 is 0 Å². The van der Waals surface area contributed by atoms with Gasteiger partial charge in [-0.1, -0.05) is 19.9 Å². The van der Waals surface area contributed by atoms with E-state index in [1.165, 1.54) is 31.4 Å². The number of hydrogen-bond donors (Lipinski definition) is 3. The Morgan fingerprint density at radius 1 is 1.07 bits per heavy atom. The molecule has 2 aromatic carbocycles. The van der Waals surface area contributed by atoms with Gasteiger partial charge in [-0.3, -0.25) is 14.4 Å². The number of fused-ring (bicyclic) bond motifs is 3. The molecular weight excluding hydrogens is 532 g/mol. The summed E-state index contributed by atoms with van der Waals surface area (Å²) in [6, 6.07) is 5.80. The maximum absolute atomic E-state index is 13.6. The van der Waals surface area contributed by atoms with Crippen molar-refractivity contribution >= 4 is 34.0 Å². The number of thiazole rings is 1. The summed E-state index contributed by atoms with van der Waals surface area (Å²) in [5.41, 5.74) is 2.98. The molecule has 3 aromatic rings. The van der Waals surface area contributed by atoms with Crippen molar-refractivity contribution in [1.82, 2.24) is 10.3 Å². The number of methoxy groups -OCH3 is 3. The highest BCUT2D eigenvalue weighted by molar-refractivity contribution is 7.13. The van der Waals surface area contributed by atoms with Crippen molar-refractivity contribution in [2.45, 2.75) is 45.7 Å². The minimum absolute atomic E-state index is 0.132. The minimum Gasteiger partial charge on any atom is -0.493 e. The molecule has 1 aliphatic rings. The van der Waals surface area contributed by atoms with Crippen molar-refractivity contribution in [2.24, 2.45) is 5.92 Å². The third-order valence-corrected chi connectivity index (χ3v) is 7.53. The van der Waals surface area contributed by atoms with E-state index in [1.54, 1.807) is 31.9 Å². The molecule has 2 unspecified atom stereocenters. The summed E-state index contributed by atoms with van der Waals surface area (Å²) in [7, 11) is 4.65. The average molecular weight is 567 g/mol. The molecule has 2 atom stereocenters. The summed E-state index contributed by atoms with van der Waals surface area (Å²) in [4.78, 5) is 43.0. The second-order valence-electron chi connectivity index (χ2n) is 9.79. The van der Waals surface area contributed by atoms with E-state index in [9.17, 15) is 14.4 Å². The number of benzene rings is 1. The second kappa shape index (κ2) is 12.4. The number of nitrogens with one attached hydrogen (secondary N) is 3. The Balaban J connectivity index is 1.88. The van der Waals surface area contributed by atoms with Gasteiger partial charge in [0.05, 0.1) is 33.1 Å². The van der Waals surface area contributed by atoms with Gasteiger partial charge in [-0.2, -0.15) is 0 Å². The summed E-state index contributed by atoms with van der Waals surface area (Å²) in [6.45, 7) is 5.25. The molecule has 2 amide bonds. The SMILES string of the molecule is COc1cc2c(c(OC)c1OC)-c1ccc(NC(C(=O)Nc3nccs3)C(C)C)c(=O)cc1C(NC(C)=O)CC2. The topological polar surface area (TPSA) is 128 Å². The summed E-state index contributed by atoms with van der Waals surface area (Å²) in [6.07, 6.45) is 2.76. The number of hydrogen-bond acceptors (Lipinski definition) is 9. The van der Waals surface area contributed by atoms with Gasteiger partial charge in [0.25, 0.3) is 0 Å². The molecule has 40 heavy (non-hydrogen) atoms. The fraction of sp³-hybridized carbons (Fsp3) is 0.379. The molecule has 1 aromatic heterocycles. The zero-order valence-electron chi connectivity index (χ0n) is 23.4. The van der Waals surface area contributed by atoms with Crippen LogP contribution in [0.15, 0.2) is 40.6 Å². The number of rotatable bonds is 9. The minimum atomic E-state index is -0.698. The molecule has 0 fully saturated rings. The van der Waals surface area contributed by atoms with Gasteiger partial charge in [0.1, 0.15) is 6.04 Å². The van der Waals surface area contributed by atoms with E-state index < -0.39 is 12.1 Å². The molecule has 4 rings (SSSR count). The fourth-order valence-corrected chi connectivity index (χ4v) is 5.53. The van der Waals surface area contributed by atoms with Crippen molar-refractivity contribution in [2.75, 3.05) is 32.0 Å². The predicted octanol–water partition coefficient (Wildman–Crippen LogP) is 4.39. The van der Waals surface area contributed by atoms with E-state index in [4.69, 9.17) is 14.2 Å². The van der Waals surface area contributed by atoms with E-state index in [0.717, 1.165) is 11.1 Å². The Labute approximate surface area is 237 Å². The molecule has 11 heteroatoms. The predicted molar refractivity (Wildman–Crippen MR) is 156 cm³/mol. The fourth-order valence-electron chi connectivity index (χ4n) is 5.00. The molecule has 1 heterocycles. The van der Waals surface area contributed by atoms with Gasteiger partial charge < -0.3 is 30.2 Å². The van der Waals surface area contributed by atoms with Crippen LogP contribution in [0.25, 0.3) is 11.1 Å². The van der Waals surface area contributed by atoms with E-state index in [1.807, 2.05) is 26.0 Å². The lowest BCUT2D eigenvalue weighted by atomic mass is 9.95. The van der Waals surface area contributed by atoms with Gasteiger partial charge in [0.15, 0.2) is 16.6 Å². The normalized spacial score (nSPS) is 14.7. The van der Waals surface area contributed by atoms with Crippen LogP contribution in [0.2, 0.25) is 0 Å². The highest BCUT2D eigenvalue weighted by Gasteiger charge is 2.30. The van der Waals surface area contributed by atoms with Gasteiger partial charge in [-0.25, -0.2) is 4.98 Å². The van der Waals surface area contributed by atoms with Crippen molar-refractivity contribution < 1.29 is 23.8 Å². The first kappa shape index (κ1) is 28.9. The molecule has 0 radical (unpaired) electrons. The summed E-state index contributed by atoms with van der Waals surface area (Å²) >= 11 is 1.32. The average Bonchev–Trinajstić information content (AvgIpc) is 3.32. The Morgan fingerprint density at radius 3 is 2.42 bits per heavy atom. The largest absolute Gasteiger partial charge is 0.493 e. The van der Waals surface area contributed by atoms with Gasteiger partial charge >= 0.3 is 0 Å². The smallest absolute Gasteiger partial charge is 0.248 e. The maximum Gasteiger partial charge on any atom is 0.248 e. The van der Waals surface area contributed by atoms with Crippen LogP contribution in [0.1, 0.15) is 44.4 Å². The lowest BCUT2D eigenvalue weighted by Gasteiger charge is -2.21. The molecule has 0 saturated carbocycles. The molecule has 212 valence electrons. The zero-order chi connectivity index (χ0) is 29.0. The van der Waals surface area contributed by atoms with Crippen LogP contribution < -0.4 is 35.6 Å². The van der Waals surface area contributed by atoms with Crippen LogP contribution in [-0.2, 0) is 16.0 Å². The van der Waals surface area contributed by atoms with Crippen molar-refractivity contribution in [3.8, 4) is 28.4 Å². The quantitative estimate of drug-likeness (QED) is 0.348. The van der Waals surface area contributed by atoms with Gasteiger partial charge in [-0.15, -0.1) is 11.3 Å². The highest BCUT2D eigenvalue weighted by Crippen LogP contribution is 2.50. The lowest BCUT2D eigenvalue weighted by molar-refractivity contribution is -0.120. The first-order chi connectivity index (χ1) is 19.2. The highest BCUT2D eigenvalue weighted by atomic mass is 32.1. The van der Waals surface area contributed by atoms with Gasteiger partial charge in [0.2, 0.25) is 23.0 Å². The van der Waals surface area contributed by atoms with Crippen LogP contribution in [-0.4, -0.2) is 44.2 Å². The van der Waals surface area contributed by atoms with Crippen LogP contribution in [0.3, 0.4) is 0 Å². The molecule has 0 aliphatic heterocycles. The van der Waals surface area contributed by atoms with Crippen LogP contribution >= 0.6 is 11.3 Å². The Bertz CT molecular complexity index is 1460. The van der Waals surface area contributed by atoms with Crippen LogP contribution in [0, 0.1) is 5.92 Å². The molecule has 1 aliphatic carbocycles. The van der Waals surface area contributed by atoms with Crippen LogP contribution in [0.4, 0.5) is 10.8 Å². The molecule has 0 bridgehead atoms. The number of ether oxygens (including phenoxy) is 3. The summed E-state index contributed by atoms with van der Waals surface area (Å²) in [5, 5.41) is 11.2. The van der Waals surface area contributed by atoms with Crippen molar-refractivity contribution in [3.63, 3.8) is 0 Å². The monoisotopic (exact) mass is 566 g/mol. The van der Waals surface area contributed by atoms with E-state index in [0.29, 0.717) is 46.3 Å². The second-order valence-corrected chi connectivity index (χ2v) is 10.7. The lowest BCUT2D eigenvalue weighted by Crippen LogP contribution is -2.39. The number of amides is 2. The van der Waals surface area contributed by atoms with Crippen LogP contribution in [0.5, 0.6) is 17.2 Å². The number of aryl methyl sites for hydroxylation is 1. The number of carbonyl (C=O) groups is 2. The summed E-state index contributed by atoms with van der Waals surface area (Å²) < 4.78 is 17.1. The third-order valence-electron chi connectivity index (χ3n) is 6.84. The Kier molecular flexibility index (Phi) is 8.93. The molecule has 0 spiro atoms. The molecule has 3 N–H and O–H groups in total. The van der Waals surface area contributed by atoms with Crippen molar-refractivity contribution in [1.29, 1.82) is 0 Å². The van der Waals surface area contributed by atoms with E-state index in [2.05, 4.69) is 20.9 Å². The number of carbonyl (C=O) groups excluding carboxylic acids is 2. The Morgan fingerprint density at radius 2 is 1.82 bits per heavy atom. The number of aromatic nitrogens is 1. The van der Waals surface area contributed by atoms with Gasteiger partial charge in [-0.05, 0) is 53.6 Å². The Hall–Kier alpha value is -4.12. The maximum atomic E-state index is 13.6. The first-order valence-corrected chi connectivity index (χ1v) is 13.8. The van der Waals surface area contributed by atoms with Crippen molar-refractivity contribution in [3.05, 3.63) is 57.2 Å². The third kappa shape index (κ3) is 5.89. The number of nitrogens with zero attached hydrogens (tertiary/aromatic N) is 1. The molecule has 0 saturated heterocycles. The standard InChI is InChI=1S/C29H34N4O6S/c1-15(2)25(28(36)33-29-30-11-12-40-29)32-21-10-8-18-19(14-22(21)35)20(31-16(3)34)9-7-17-13-23(37-4)26(38-5)27(39-6)24(17)18/h8,10-15,20,25H,7,9H2,1-6H3,(H,31,34)(H,32,35)(H,30,33,36). The summed E-state index contributed by atoms with van der Waals surface area (Å²) in [5.74, 6) is 0.789. The molecule has 10 nitrogen and oxygen atoms in total.